The highest BCUT2D eigenvalue weighted by Gasteiger charge is 2.36. The summed E-state index contributed by atoms with van der Waals surface area (Å²) in [4.78, 5) is 36.2. The molecule has 130 valence electrons. The average molecular weight is 335 g/mol. The number of hydrogen-bond acceptors (Lipinski definition) is 6. The maximum Gasteiger partial charge on any atom is 0.322 e. The molecule has 24 heavy (non-hydrogen) atoms. The van der Waals surface area contributed by atoms with E-state index in [1.807, 2.05) is 0 Å². The van der Waals surface area contributed by atoms with Crippen molar-refractivity contribution in [2.45, 2.75) is 38.8 Å². The van der Waals surface area contributed by atoms with Gasteiger partial charge in [-0.25, -0.2) is 0 Å². The molecule has 1 fully saturated rings. The van der Waals surface area contributed by atoms with Crippen LogP contribution in [0.25, 0.3) is 0 Å². The number of esters is 1. The Bertz CT molecular complexity index is 657. The van der Waals surface area contributed by atoms with Gasteiger partial charge < -0.3 is 10.1 Å². The maximum atomic E-state index is 12.3. The lowest BCUT2D eigenvalue weighted by Crippen LogP contribution is -2.45. The maximum absolute atomic E-state index is 12.3. The zero-order valence-corrected chi connectivity index (χ0v) is 13.9. The number of nitrogens with zero attached hydrogens (tertiary/aromatic N) is 2. The molecule has 2 rings (SSSR count). The number of ether oxygens (including phenoxy) is 1. The number of nitrogens with one attached hydrogen (secondary N) is 1. The number of carbonyl (C=O) groups is 2. The summed E-state index contributed by atoms with van der Waals surface area (Å²) >= 11 is 0. The van der Waals surface area contributed by atoms with Gasteiger partial charge in [0.15, 0.2) is 0 Å². The highest BCUT2D eigenvalue weighted by atomic mass is 16.6. The first-order valence-electron chi connectivity index (χ1n) is 7.72. The van der Waals surface area contributed by atoms with Crippen LogP contribution in [0.4, 0.5) is 11.4 Å². The zero-order valence-electron chi connectivity index (χ0n) is 13.9. The predicted octanol–water partition coefficient (Wildman–Crippen LogP) is 1.87. The summed E-state index contributed by atoms with van der Waals surface area (Å²) < 4.78 is 4.74. The van der Waals surface area contributed by atoms with Crippen LogP contribution in [0.3, 0.4) is 0 Å². The summed E-state index contributed by atoms with van der Waals surface area (Å²) in [5.74, 6) is -0.712. The Morgan fingerprint density at radius 3 is 2.67 bits per heavy atom. The van der Waals surface area contributed by atoms with Crippen LogP contribution >= 0.6 is 0 Å². The molecular weight excluding hydrogens is 314 g/mol. The van der Waals surface area contributed by atoms with Gasteiger partial charge in [0.05, 0.1) is 18.6 Å². The van der Waals surface area contributed by atoms with Crippen LogP contribution in [0, 0.1) is 17.0 Å². The minimum Gasteiger partial charge on any atom is -0.468 e. The van der Waals surface area contributed by atoms with Crippen LogP contribution < -0.4 is 5.32 Å². The molecule has 0 aromatic heterocycles. The lowest BCUT2D eigenvalue weighted by molar-refractivity contribution is -0.385. The summed E-state index contributed by atoms with van der Waals surface area (Å²) in [5.41, 5.74) is 0.838. The molecular formula is C16H21N3O5. The lowest BCUT2D eigenvalue weighted by atomic mass is 10.2. The molecule has 1 amide bonds. The first kappa shape index (κ1) is 17.9. The van der Waals surface area contributed by atoms with Crippen LogP contribution in [0.5, 0.6) is 0 Å². The molecule has 0 radical (unpaired) electrons. The first-order valence-corrected chi connectivity index (χ1v) is 7.72. The molecule has 0 saturated heterocycles. The standard InChI is InChI=1S/C16H21N3O5/c1-10-4-5-12(8-14(10)19(22)23)17-15(20)9-18(13-6-7-13)11(2)16(21)24-3/h4-5,8,11,13H,6-7,9H2,1-3H3,(H,17,20). The van der Waals surface area contributed by atoms with Crippen molar-refractivity contribution in [3.8, 4) is 0 Å². The summed E-state index contributed by atoms with van der Waals surface area (Å²) in [5, 5.41) is 13.6. The predicted molar refractivity (Wildman–Crippen MR) is 87.7 cm³/mol. The molecule has 1 saturated carbocycles. The fourth-order valence-corrected chi connectivity index (χ4v) is 2.54. The van der Waals surface area contributed by atoms with Crippen molar-refractivity contribution < 1.29 is 19.2 Å². The van der Waals surface area contributed by atoms with Crippen LogP contribution in [-0.4, -0.2) is 47.4 Å². The largest absolute Gasteiger partial charge is 0.468 e. The molecule has 0 bridgehead atoms. The Hall–Kier alpha value is -2.48. The number of nitro benzene ring substituents is 1. The van der Waals surface area contributed by atoms with E-state index in [-0.39, 0.29) is 30.2 Å². The van der Waals surface area contributed by atoms with Crippen LogP contribution in [-0.2, 0) is 14.3 Å². The number of hydrogen-bond donors (Lipinski definition) is 1. The van der Waals surface area contributed by atoms with Crippen molar-refractivity contribution in [2.24, 2.45) is 0 Å². The number of benzene rings is 1. The van der Waals surface area contributed by atoms with Crippen LogP contribution in [0.2, 0.25) is 0 Å². The lowest BCUT2D eigenvalue weighted by Gasteiger charge is -2.26. The normalized spacial score (nSPS) is 15.0. The van der Waals surface area contributed by atoms with E-state index in [1.165, 1.54) is 13.2 Å². The smallest absolute Gasteiger partial charge is 0.322 e. The molecule has 1 unspecified atom stereocenters. The third kappa shape index (κ3) is 4.29. The summed E-state index contributed by atoms with van der Waals surface area (Å²) in [6.07, 6.45) is 1.87. The Kier molecular flexibility index (Phi) is 5.50. The number of amides is 1. The van der Waals surface area contributed by atoms with E-state index < -0.39 is 11.0 Å². The Morgan fingerprint density at radius 2 is 2.12 bits per heavy atom. The molecule has 0 spiro atoms. The fourth-order valence-electron chi connectivity index (χ4n) is 2.54. The number of rotatable bonds is 7. The fraction of sp³-hybridized carbons (Fsp3) is 0.500. The Labute approximate surface area is 139 Å². The first-order chi connectivity index (χ1) is 11.3. The molecule has 1 aromatic rings. The second-order valence-corrected chi connectivity index (χ2v) is 5.91. The summed E-state index contributed by atoms with van der Waals surface area (Å²) in [6, 6.07) is 4.21. The average Bonchev–Trinajstić information content (AvgIpc) is 3.37. The molecule has 8 heteroatoms. The van der Waals surface area contributed by atoms with E-state index in [4.69, 9.17) is 4.74 Å². The second-order valence-electron chi connectivity index (χ2n) is 5.91. The number of carbonyl (C=O) groups excluding carboxylic acids is 2. The van der Waals surface area contributed by atoms with Gasteiger partial charge in [0.1, 0.15) is 6.04 Å². The molecule has 1 aromatic carbocycles. The van der Waals surface area contributed by atoms with Gasteiger partial charge in [-0.2, -0.15) is 0 Å². The van der Waals surface area contributed by atoms with E-state index in [1.54, 1.807) is 30.9 Å². The van der Waals surface area contributed by atoms with Crippen molar-refractivity contribution in [2.75, 3.05) is 19.0 Å². The van der Waals surface area contributed by atoms with Gasteiger partial charge in [0.2, 0.25) is 5.91 Å². The number of aryl methyl sites for hydroxylation is 1. The Balaban J connectivity index is 2.05. The minimum atomic E-state index is -0.513. The van der Waals surface area contributed by atoms with Gasteiger partial charge in [-0.1, -0.05) is 6.07 Å². The molecule has 8 nitrogen and oxygen atoms in total. The van der Waals surface area contributed by atoms with Gasteiger partial charge >= 0.3 is 5.97 Å². The Morgan fingerprint density at radius 1 is 1.46 bits per heavy atom. The van der Waals surface area contributed by atoms with Gasteiger partial charge in [0.25, 0.3) is 5.69 Å². The van der Waals surface area contributed by atoms with E-state index in [0.717, 1.165) is 12.8 Å². The molecule has 0 aliphatic heterocycles. The van der Waals surface area contributed by atoms with E-state index >= 15 is 0 Å². The van der Waals surface area contributed by atoms with Crippen molar-refractivity contribution in [1.82, 2.24) is 4.90 Å². The van der Waals surface area contributed by atoms with Crippen molar-refractivity contribution in [3.05, 3.63) is 33.9 Å². The van der Waals surface area contributed by atoms with Gasteiger partial charge in [-0.05, 0) is 32.8 Å². The number of nitro groups is 1. The number of anilines is 1. The summed E-state index contributed by atoms with van der Waals surface area (Å²) in [6.45, 7) is 3.37. The molecule has 1 N–H and O–H groups in total. The second kappa shape index (κ2) is 7.39. The van der Waals surface area contributed by atoms with Gasteiger partial charge in [0, 0.05) is 23.4 Å². The zero-order chi connectivity index (χ0) is 17.9. The monoisotopic (exact) mass is 335 g/mol. The SMILES string of the molecule is COC(=O)C(C)N(CC(=O)Nc1ccc(C)c([N+](=O)[O-])c1)C1CC1. The topological polar surface area (TPSA) is 102 Å². The van der Waals surface area contributed by atoms with Crippen LogP contribution in [0.1, 0.15) is 25.3 Å². The third-order valence-corrected chi connectivity index (χ3v) is 4.07. The van der Waals surface area contributed by atoms with Crippen molar-refractivity contribution >= 4 is 23.3 Å². The van der Waals surface area contributed by atoms with Gasteiger partial charge in [-0.3, -0.25) is 24.6 Å². The molecule has 1 aliphatic rings. The molecule has 0 heterocycles. The quantitative estimate of drug-likeness (QED) is 0.464. The highest BCUT2D eigenvalue weighted by molar-refractivity contribution is 5.93. The number of methoxy groups -OCH3 is 1. The van der Waals surface area contributed by atoms with E-state index in [0.29, 0.717) is 11.3 Å². The van der Waals surface area contributed by atoms with Crippen molar-refractivity contribution in [3.63, 3.8) is 0 Å². The van der Waals surface area contributed by atoms with Crippen LogP contribution in [0.15, 0.2) is 18.2 Å². The van der Waals surface area contributed by atoms with E-state index in [2.05, 4.69) is 5.32 Å². The molecule has 1 aliphatic carbocycles. The van der Waals surface area contributed by atoms with Gasteiger partial charge in [-0.15, -0.1) is 0 Å². The van der Waals surface area contributed by atoms with Crippen molar-refractivity contribution in [1.29, 1.82) is 0 Å². The molecule has 1 atom stereocenters. The van der Waals surface area contributed by atoms with E-state index in [9.17, 15) is 19.7 Å². The highest BCUT2D eigenvalue weighted by Crippen LogP contribution is 2.29. The minimum absolute atomic E-state index is 0.0304. The summed E-state index contributed by atoms with van der Waals surface area (Å²) in [7, 11) is 1.31. The third-order valence-electron chi connectivity index (χ3n) is 4.07.